The average Bonchev–Trinajstić information content (AvgIpc) is 2.35. The van der Waals surface area contributed by atoms with Gasteiger partial charge in [-0.05, 0) is 32.4 Å². The van der Waals surface area contributed by atoms with Gasteiger partial charge in [-0.25, -0.2) is 0 Å². The van der Waals surface area contributed by atoms with E-state index in [0.717, 1.165) is 12.1 Å². The van der Waals surface area contributed by atoms with Gasteiger partial charge >= 0.3 is 5.97 Å². The van der Waals surface area contributed by atoms with E-state index in [2.05, 4.69) is 0 Å². The van der Waals surface area contributed by atoms with Crippen LogP contribution in [0.25, 0.3) is 0 Å². The molecule has 0 heterocycles. The van der Waals surface area contributed by atoms with Crippen LogP contribution in [0, 0.1) is 0 Å². The van der Waals surface area contributed by atoms with Crippen LogP contribution in [0.4, 0.5) is 5.69 Å². The van der Waals surface area contributed by atoms with Crippen LogP contribution in [-0.4, -0.2) is 36.9 Å². The molecule has 1 N–H and O–H groups in total. The second-order valence-corrected chi connectivity index (χ2v) is 4.86. The molecular weight excluding hydrogens is 230 g/mol. The van der Waals surface area contributed by atoms with Crippen molar-refractivity contribution in [2.45, 2.75) is 25.9 Å². The molecule has 0 aliphatic carbocycles. The third-order valence-corrected chi connectivity index (χ3v) is 2.98. The van der Waals surface area contributed by atoms with E-state index in [-0.39, 0.29) is 12.1 Å². The van der Waals surface area contributed by atoms with Crippen LogP contribution in [-0.2, 0) is 9.53 Å². The number of hydrogen-bond donors (Lipinski definition) is 1. The van der Waals surface area contributed by atoms with Crippen LogP contribution in [0.3, 0.4) is 0 Å². The molecule has 1 rings (SSSR count). The van der Waals surface area contributed by atoms with Crippen molar-refractivity contribution < 1.29 is 14.6 Å². The Morgan fingerprint density at radius 2 is 1.94 bits per heavy atom. The van der Waals surface area contributed by atoms with E-state index >= 15 is 0 Å². The zero-order valence-electron chi connectivity index (χ0n) is 11.2. The third kappa shape index (κ3) is 4.75. The predicted molar refractivity (Wildman–Crippen MR) is 72.0 cm³/mol. The molecule has 0 fully saturated rings. The average molecular weight is 251 g/mol. The number of benzene rings is 1. The van der Waals surface area contributed by atoms with E-state index in [1.807, 2.05) is 49.1 Å². The van der Waals surface area contributed by atoms with Crippen molar-refractivity contribution in [3.63, 3.8) is 0 Å². The first-order chi connectivity index (χ1) is 8.44. The van der Waals surface area contributed by atoms with Gasteiger partial charge in [0.15, 0.2) is 0 Å². The maximum atomic E-state index is 10.9. The largest absolute Gasteiger partial charge is 0.480 e. The smallest absolute Gasteiger partial charge is 0.323 e. The Morgan fingerprint density at radius 1 is 1.33 bits per heavy atom. The Balaban J connectivity index is 2.71. The number of methoxy groups -OCH3 is 1. The van der Waals surface area contributed by atoms with Gasteiger partial charge in [0, 0.05) is 19.3 Å². The van der Waals surface area contributed by atoms with Crippen molar-refractivity contribution in [3.05, 3.63) is 30.3 Å². The summed E-state index contributed by atoms with van der Waals surface area (Å²) in [6, 6.07) is 9.57. The topological polar surface area (TPSA) is 49.8 Å². The second kappa shape index (κ2) is 6.40. The van der Waals surface area contributed by atoms with Crippen molar-refractivity contribution in [1.82, 2.24) is 0 Å². The summed E-state index contributed by atoms with van der Waals surface area (Å²) in [5.41, 5.74) is 0.678. The van der Waals surface area contributed by atoms with E-state index in [9.17, 15) is 4.79 Å². The monoisotopic (exact) mass is 251 g/mol. The van der Waals surface area contributed by atoms with E-state index < -0.39 is 5.97 Å². The van der Waals surface area contributed by atoms with Crippen molar-refractivity contribution in [3.8, 4) is 0 Å². The van der Waals surface area contributed by atoms with Crippen molar-refractivity contribution >= 4 is 11.7 Å². The van der Waals surface area contributed by atoms with Crippen LogP contribution in [0.1, 0.15) is 20.3 Å². The molecule has 0 aliphatic rings. The zero-order valence-corrected chi connectivity index (χ0v) is 11.2. The lowest BCUT2D eigenvalue weighted by atomic mass is 10.0. The molecular formula is C14H21NO3. The van der Waals surface area contributed by atoms with Crippen LogP contribution < -0.4 is 4.90 Å². The molecule has 4 nitrogen and oxygen atoms in total. The molecule has 0 bridgehead atoms. The lowest BCUT2D eigenvalue weighted by Crippen LogP contribution is -2.35. The summed E-state index contributed by atoms with van der Waals surface area (Å²) in [5, 5.41) is 8.96. The fourth-order valence-corrected chi connectivity index (χ4v) is 1.61. The summed E-state index contributed by atoms with van der Waals surface area (Å²) in [6.07, 6.45) is 0.770. The lowest BCUT2D eigenvalue weighted by molar-refractivity contribution is -0.135. The number of rotatable bonds is 7. The van der Waals surface area contributed by atoms with Gasteiger partial charge in [-0.3, -0.25) is 4.79 Å². The fraction of sp³-hybridized carbons (Fsp3) is 0.500. The standard InChI is InChI=1S/C14H21NO3/c1-14(2,18-3)9-10-15(11-13(16)17)12-7-5-4-6-8-12/h4-8H,9-11H2,1-3H3,(H,16,17). The van der Waals surface area contributed by atoms with Crippen LogP contribution in [0.5, 0.6) is 0 Å². The van der Waals surface area contributed by atoms with Gasteiger partial charge in [0.25, 0.3) is 0 Å². The summed E-state index contributed by atoms with van der Waals surface area (Å²) in [5.74, 6) is -0.825. The number of nitrogens with zero attached hydrogens (tertiary/aromatic N) is 1. The van der Waals surface area contributed by atoms with Gasteiger partial charge in [-0.2, -0.15) is 0 Å². The Morgan fingerprint density at radius 3 is 2.44 bits per heavy atom. The Kier molecular flexibility index (Phi) is 5.16. The molecule has 18 heavy (non-hydrogen) atoms. The third-order valence-electron chi connectivity index (χ3n) is 2.98. The van der Waals surface area contributed by atoms with Crippen molar-refractivity contribution in [2.75, 3.05) is 25.1 Å². The summed E-state index contributed by atoms with van der Waals surface area (Å²) in [4.78, 5) is 12.8. The molecule has 0 saturated heterocycles. The number of aliphatic carboxylic acids is 1. The summed E-state index contributed by atoms with van der Waals surface area (Å²) >= 11 is 0. The molecule has 0 radical (unpaired) electrons. The molecule has 100 valence electrons. The Bertz CT molecular complexity index is 376. The Labute approximate surface area is 108 Å². The summed E-state index contributed by atoms with van der Waals surface area (Å²) in [7, 11) is 1.67. The first-order valence-corrected chi connectivity index (χ1v) is 6.01. The highest BCUT2D eigenvalue weighted by Crippen LogP contribution is 2.18. The second-order valence-electron chi connectivity index (χ2n) is 4.86. The lowest BCUT2D eigenvalue weighted by Gasteiger charge is -2.29. The quantitative estimate of drug-likeness (QED) is 0.808. The highest BCUT2D eigenvalue weighted by molar-refractivity contribution is 5.73. The van der Waals surface area contributed by atoms with Crippen molar-refractivity contribution in [1.29, 1.82) is 0 Å². The molecule has 0 unspecified atom stereocenters. The summed E-state index contributed by atoms with van der Waals surface area (Å²) < 4.78 is 5.35. The number of carboxylic acid groups (broad SMARTS) is 1. The molecule has 0 aromatic heterocycles. The highest BCUT2D eigenvalue weighted by Gasteiger charge is 2.19. The van der Waals surface area contributed by atoms with E-state index in [0.29, 0.717) is 6.54 Å². The molecule has 0 aliphatic heterocycles. The number of anilines is 1. The molecule has 0 amide bonds. The molecule has 0 saturated carbocycles. The number of carboxylic acids is 1. The first-order valence-electron chi connectivity index (χ1n) is 6.01. The number of carbonyl (C=O) groups is 1. The van der Waals surface area contributed by atoms with E-state index in [4.69, 9.17) is 9.84 Å². The SMILES string of the molecule is COC(C)(C)CCN(CC(=O)O)c1ccccc1. The number of hydrogen-bond acceptors (Lipinski definition) is 3. The minimum atomic E-state index is -0.825. The van der Waals surface area contributed by atoms with Gasteiger partial charge in [-0.15, -0.1) is 0 Å². The van der Waals surface area contributed by atoms with Gasteiger partial charge in [0.1, 0.15) is 6.54 Å². The van der Waals surface area contributed by atoms with E-state index in [1.165, 1.54) is 0 Å². The molecule has 0 spiro atoms. The van der Waals surface area contributed by atoms with Crippen LogP contribution >= 0.6 is 0 Å². The number of para-hydroxylation sites is 1. The minimum absolute atomic E-state index is 0.00378. The number of ether oxygens (including phenoxy) is 1. The highest BCUT2D eigenvalue weighted by atomic mass is 16.5. The van der Waals surface area contributed by atoms with Crippen LogP contribution in [0.15, 0.2) is 30.3 Å². The van der Waals surface area contributed by atoms with E-state index in [1.54, 1.807) is 7.11 Å². The maximum absolute atomic E-state index is 10.9. The van der Waals surface area contributed by atoms with Gasteiger partial charge in [-0.1, -0.05) is 18.2 Å². The first kappa shape index (κ1) is 14.5. The molecule has 1 aromatic carbocycles. The fourth-order valence-electron chi connectivity index (χ4n) is 1.61. The predicted octanol–water partition coefficient (Wildman–Crippen LogP) is 2.39. The van der Waals surface area contributed by atoms with Crippen LogP contribution in [0.2, 0.25) is 0 Å². The van der Waals surface area contributed by atoms with Crippen molar-refractivity contribution in [2.24, 2.45) is 0 Å². The summed E-state index contributed by atoms with van der Waals surface area (Å²) in [6.45, 7) is 4.65. The molecule has 1 aromatic rings. The molecule has 0 atom stereocenters. The minimum Gasteiger partial charge on any atom is -0.480 e. The van der Waals surface area contributed by atoms with Gasteiger partial charge in [0.05, 0.1) is 5.60 Å². The zero-order chi connectivity index (χ0) is 13.6. The maximum Gasteiger partial charge on any atom is 0.323 e. The van der Waals surface area contributed by atoms with Gasteiger partial charge in [0.2, 0.25) is 0 Å². The van der Waals surface area contributed by atoms with Gasteiger partial charge < -0.3 is 14.7 Å². The Hall–Kier alpha value is -1.55. The normalized spacial score (nSPS) is 11.3. The molecule has 4 heteroatoms.